The molecular weight excluding hydrogens is 416 g/mol. The fourth-order valence-corrected chi connectivity index (χ4v) is 4.38. The van der Waals surface area contributed by atoms with Gasteiger partial charge in [-0.25, -0.2) is 13.2 Å². The molecule has 0 spiro atoms. The number of carbonyl (C=O) groups excluding carboxylic acids is 2. The third-order valence-electron chi connectivity index (χ3n) is 5.16. The Hall–Kier alpha value is -2.71. The molecule has 1 heterocycles. The summed E-state index contributed by atoms with van der Waals surface area (Å²) in [6.45, 7) is 5.09. The van der Waals surface area contributed by atoms with Gasteiger partial charge < -0.3 is 9.64 Å². The largest absolute Gasteiger partial charge is 0.449 e. The minimum Gasteiger partial charge on any atom is -0.449 e. The number of sulfone groups is 1. The van der Waals surface area contributed by atoms with Crippen molar-refractivity contribution in [2.45, 2.75) is 25.3 Å². The Kier molecular flexibility index (Phi) is 7.46. The summed E-state index contributed by atoms with van der Waals surface area (Å²) in [5, 5.41) is 0. The molecule has 2 aromatic rings. The maximum absolute atomic E-state index is 12.7. The minimum atomic E-state index is -3.21. The molecule has 8 heteroatoms. The predicted octanol–water partition coefficient (Wildman–Crippen LogP) is 2.12. The van der Waals surface area contributed by atoms with E-state index < -0.39 is 21.9 Å². The fraction of sp³-hybridized carbons (Fsp3) is 0.391. The van der Waals surface area contributed by atoms with Crippen molar-refractivity contribution in [2.75, 3.05) is 32.4 Å². The van der Waals surface area contributed by atoms with Crippen molar-refractivity contribution in [3.63, 3.8) is 0 Å². The maximum atomic E-state index is 12.7. The van der Waals surface area contributed by atoms with Crippen molar-refractivity contribution in [3.05, 3.63) is 71.3 Å². The zero-order valence-corrected chi connectivity index (χ0v) is 18.7. The lowest BCUT2D eigenvalue weighted by Gasteiger charge is -2.35. The molecule has 1 atom stereocenters. The zero-order valence-electron chi connectivity index (χ0n) is 17.9. The van der Waals surface area contributed by atoms with Gasteiger partial charge in [0.2, 0.25) is 0 Å². The van der Waals surface area contributed by atoms with Gasteiger partial charge in [0.1, 0.15) is 0 Å². The summed E-state index contributed by atoms with van der Waals surface area (Å²) in [7, 11) is -3.21. The Morgan fingerprint density at radius 3 is 2.26 bits per heavy atom. The molecule has 1 saturated heterocycles. The quantitative estimate of drug-likeness (QED) is 0.609. The Bertz CT molecular complexity index is 1020. The zero-order chi connectivity index (χ0) is 22.4. The minimum absolute atomic E-state index is 0.157. The Labute approximate surface area is 183 Å². The maximum Gasteiger partial charge on any atom is 0.338 e. The van der Waals surface area contributed by atoms with Gasteiger partial charge in [0.25, 0.3) is 5.91 Å². The predicted molar refractivity (Wildman–Crippen MR) is 118 cm³/mol. The van der Waals surface area contributed by atoms with Crippen LogP contribution in [-0.2, 0) is 31.7 Å². The first-order chi connectivity index (χ1) is 14.7. The molecule has 7 nitrogen and oxygen atoms in total. The smallest absolute Gasteiger partial charge is 0.338 e. The highest BCUT2D eigenvalue weighted by Crippen LogP contribution is 2.13. The molecule has 0 bridgehead atoms. The van der Waals surface area contributed by atoms with Crippen molar-refractivity contribution < 1.29 is 22.7 Å². The highest BCUT2D eigenvalue weighted by atomic mass is 32.2. The molecule has 3 rings (SSSR count). The highest BCUT2D eigenvalue weighted by molar-refractivity contribution is 7.89. The van der Waals surface area contributed by atoms with Crippen molar-refractivity contribution >= 4 is 21.7 Å². The van der Waals surface area contributed by atoms with E-state index >= 15 is 0 Å². The van der Waals surface area contributed by atoms with Gasteiger partial charge >= 0.3 is 5.97 Å². The Balaban J connectivity index is 1.51. The average molecular weight is 445 g/mol. The van der Waals surface area contributed by atoms with Crippen molar-refractivity contribution in [2.24, 2.45) is 0 Å². The van der Waals surface area contributed by atoms with E-state index in [1.54, 1.807) is 30.0 Å². The van der Waals surface area contributed by atoms with Gasteiger partial charge in [-0.05, 0) is 30.2 Å². The molecule has 0 aliphatic carbocycles. The molecule has 2 aromatic carbocycles. The molecule has 0 saturated carbocycles. The van der Waals surface area contributed by atoms with Gasteiger partial charge in [-0.2, -0.15) is 0 Å². The van der Waals surface area contributed by atoms with Crippen LogP contribution in [0.4, 0.5) is 0 Å². The number of rotatable bonds is 7. The number of esters is 1. The van der Waals surface area contributed by atoms with Gasteiger partial charge in [-0.3, -0.25) is 9.69 Å². The second kappa shape index (κ2) is 10.1. The van der Waals surface area contributed by atoms with Crippen molar-refractivity contribution in [1.82, 2.24) is 9.80 Å². The van der Waals surface area contributed by atoms with E-state index in [4.69, 9.17) is 4.74 Å². The van der Waals surface area contributed by atoms with E-state index in [2.05, 4.69) is 17.0 Å². The standard InChI is InChI=1S/C23H28N2O5S/c1-18(30-23(27)21-10-6-9-20(15-21)17-31(2,28)29)22(26)25-13-11-24(12-14-25)16-19-7-4-3-5-8-19/h3-10,15,18H,11-14,16-17H2,1-2H3. The molecule has 0 radical (unpaired) electrons. The average Bonchev–Trinajstić information content (AvgIpc) is 2.73. The number of ether oxygens (including phenoxy) is 1. The summed E-state index contributed by atoms with van der Waals surface area (Å²) in [5.41, 5.74) is 1.97. The number of hydrogen-bond donors (Lipinski definition) is 0. The first-order valence-corrected chi connectivity index (χ1v) is 12.3. The topological polar surface area (TPSA) is 84.0 Å². The van der Waals surface area contributed by atoms with Crippen LogP contribution in [0.2, 0.25) is 0 Å². The van der Waals surface area contributed by atoms with Crippen molar-refractivity contribution in [3.8, 4) is 0 Å². The highest BCUT2D eigenvalue weighted by Gasteiger charge is 2.27. The van der Waals surface area contributed by atoms with E-state index in [1.165, 1.54) is 11.6 Å². The van der Waals surface area contributed by atoms with Crippen LogP contribution in [0, 0.1) is 0 Å². The molecule has 0 N–H and O–H groups in total. The molecule has 31 heavy (non-hydrogen) atoms. The van der Waals surface area contributed by atoms with Crippen LogP contribution in [0.25, 0.3) is 0 Å². The number of amides is 1. The molecule has 1 aliphatic heterocycles. The van der Waals surface area contributed by atoms with Crippen molar-refractivity contribution in [1.29, 1.82) is 0 Å². The summed E-state index contributed by atoms with van der Waals surface area (Å²) in [5.74, 6) is -1.02. The Morgan fingerprint density at radius 1 is 0.968 bits per heavy atom. The third kappa shape index (κ3) is 6.90. The number of piperazine rings is 1. The summed E-state index contributed by atoms with van der Waals surface area (Å²) >= 11 is 0. The number of benzene rings is 2. The second-order valence-corrected chi connectivity index (χ2v) is 10.0. The Morgan fingerprint density at radius 2 is 1.61 bits per heavy atom. The lowest BCUT2D eigenvalue weighted by molar-refractivity contribution is -0.141. The van der Waals surface area contributed by atoms with Crippen LogP contribution in [-0.4, -0.2) is 68.6 Å². The molecule has 1 fully saturated rings. The molecule has 1 aliphatic rings. The van der Waals surface area contributed by atoms with Crippen LogP contribution in [0.3, 0.4) is 0 Å². The van der Waals surface area contributed by atoms with Crippen LogP contribution < -0.4 is 0 Å². The van der Waals surface area contributed by atoms with Gasteiger partial charge in [0.05, 0.1) is 11.3 Å². The molecular formula is C23H28N2O5S. The number of carbonyl (C=O) groups is 2. The summed E-state index contributed by atoms with van der Waals surface area (Å²) in [6, 6.07) is 16.5. The van der Waals surface area contributed by atoms with Gasteiger partial charge in [-0.1, -0.05) is 42.5 Å². The van der Waals surface area contributed by atoms with E-state index in [0.717, 1.165) is 25.9 Å². The molecule has 1 unspecified atom stereocenters. The van der Waals surface area contributed by atoms with E-state index in [1.807, 2.05) is 18.2 Å². The molecule has 0 aromatic heterocycles. The SMILES string of the molecule is CC(OC(=O)c1cccc(CS(C)(=O)=O)c1)C(=O)N1CCN(Cc2ccccc2)CC1. The third-order valence-corrected chi connectivity index (χ3v) is 6.01. The second-order valence-electron chi connectivity index (χ2n) is 7.91. The first-order valence-electron chi connectivity index (χ1n) is 10.2. The molecule has 166 valence electrons. The van der Waals surface area contributed by atoms with Crippen LogP contribution in [0.15, 0.2) is 54.6 Å². The van der Waals surface area contributed by atoms with Crippen LogP contribution in [0.5, 0.6) is 0 Å². The van der Waals surface area contributed by atoms with E-state index in [0.29, 0.717) is 18.7 Å². The first kappa shape index (κ1) is 23.0. The van der Waals surface area contributed by atoms with E-state index in [-0.39, 0.29) is 17.2 Å². The van der Waals surface area contributed by atoms with Gasteiger partial charge in [-0.15, -0.1) is 0 Å². The van der Waals surface area contributed by atoms with Crippen LogP contribution in [0.1, 0.15) is 28.4 Å². The van der Waals surface area contributed by atoms with Gasteiger partial charge in [0.15, 0.2) is 15.9 Å². The number of hydrogen-bond acceptors (Lipinski definition) is 6. The summed E-state index contributed by atoms with van der Waals surface area (Å²) < 4.78 is 28.3. The number of nitrogens with zero attached hydrogens (tertiary/aromatic N) is 2. The summed E-state index contributed by atoms with van der Waals surface area (Å²) in [4.78, 5) is 29.2. The lowest BCUT2D eigenvalue weighted by Crippen LogP contribution is -2.51. The lowest BCUT2D eigenvalue weighted by atomic mass is 10.1. The normalized spacial score (nSPS) is 16.0. The van der Waals surface area contributed by atoms with E-state index in [9.17, 15) is 18.0 Å². The summed E-state index contributed by atoms with van der Waals surface area (Å²) in [6.07, 6.45) is 0.227. The fourth-order valence-electron chi connectivity index (χ4n) is 3.59. The van der Waals surface area contributed by atoms with Crippen LogP contribution >= 0.6 is 0 Å². The molecule has 1 amide bonds. The van der Waals surface area contributed by atoms with Gasteiger partial charge in [0, 0.05) is 39.0 Å². The monoisotopic (exact) mass is 444 g/mol.